The summed E-state index contributed by atoms with van der Waals surface area (Å²) >= 11 is 0. The van der Waals surface area contributed by atoms with Gasteiger partial charge in [0.25, 0.3) is 0 Å². The number of nitrogens with zero attached hydrogens (tertiary/aromatic N) is 2. The first-order valence-corrected chi connectivity index (χ1v) is 9.18. The molecule has 0 amide bonds. The quantitative estimate of drug-likeness (QED) is 0.909. The molecule has 1 N–H and O–H groups in total. The highest BCUT2D eigenvalue weighted by Crippen LogP contribution is 2.29. The molecule has 24 heavy (non-hydrogen) atoms. The molecule has 0 radical (unpaired) electrons. The molecular formula is C17H20N2O4S. The minimum absolute atomic E-state index is 0.0825. The van der Waals surface area contributed by atoms with Crippen LogP contribution in [0.3, 0.4) is 0 Å². The van der Waals surface area contributed by atoms with Gasteiger partial charge in [0.2, 0.25) is 10.0 Å². The van der Waals surface area contributed by atoms with E-state index in [1.807, 2.05) is 18.2 Å². The molecule has 0 aliphatic carbocycles. The van der Waals surface area contributed by atoms with Crippen LogP contribution in [0.25, 0.3) is 0 Å². The Hall–Kier alpha value is -1.96. The molecule has 2 heterocycles. The highest BCUT2D eigenvalue weighted by Gasteiger charge is 2.43. The largest absolute Gasteiger partial charge is 0.486 e. The van der Waals surface area contributed by atoms with Gasteiger partial charge in [-0.25, -0.2) is 8.42 Å². The van der Waals surface area contributed by atoms with E-state index >= 15 is 0 Å². The van der Waals surface area contributed by atoms with Crippen molar-refractivity contribution in [2.45, 2.75) is 29.9 Å². The summed E-state index contributed by atoms with van der Waals surface area (Å²) in [6.07, 6.45) is 2.50. The minimum Gasteiger partial charge on any atom is -0.486 e. The average molecular weight is 348 g/mol. The molecule has 1 aromatic carbocycles. The van der Waals surface area contributed by atoms with Crippen molar-refractivity contribution in [1.29, 1.82) is 0 Å². The Bertz CT molecular complexity index is 779. The van der Waals surface area contributed by atoms with E-state index in [1.165, 1.54) is 22.8 Å². The van der Waals surface area contributed by atoms with Crippen LogP contribution in [0.5, 0.6) is 5.75 Å². The molecule has 1 saturated heterocycles. The topological polar surface area (TPSA) is 79.7 Å². The molecular weight excluding hydrogens is 328 g/mol. The third-order valence-electron chi connectivity index (χ3n) is 4.22. The van der Waals surface area contributed by atoms with Crippen molar-refractivity contribution in [2.24, 2.45) is 0 Å². The molecule has 3 rings (SSSR count). The van der Waals surface area contributed by atoms with E-state index < -0.39 is 21.7 Å². The molecule has 128 valence electrons. The highest BCUT2D eigenvalue weighted by molar-refractivity contribution is 7.89. The molecule has 1 aliphatic heterocycles. The standard InChI is InChI=1S/C17H20N2O4S/c1-17(20)9-11-19(24(21,22)15-8-5-10-18-12-15)13-16(17)23-14-6-3-2-4-7-14/h2-8,10,12,16,20H,9,11,13H2,1H3/t16-,17-/m1/s1. The number of aliphatic hydroxyl groups is 1. The number of hydrogen-bond donors (Lipinski definition) is 1. The van der Waals surface area contributed by atoms with E-state index in [9.17, 15) is 13.5 Å². The maximum Gasteiger partial charge on any atom is 0.244 e. The Kier molecular flexibility index (Phi) is 4.58. The Morgan fingerprint density at radius 2 is 2.00 bits per heavy atom. The maximum atomic E-state index is 12.7. The fourth-order valence-corrected chi connectivity index (χ4v) is 4.09. The predicted molar refractivity (Wildman–Crippen MR) is 89.1 cm³/mol. The Morgan fingerprint density at radius 3 is 2.67 bits per heavy atom. The van der Waals surface area contributed by atoms with Gasteiger partial charge in [-0.05, 0) is 37.6 Å². The van der Waals surface area contributed by atoms with E-state index in [-0.39, 0.29) is 18.0 Å². The normalized spacial score (nSPS) is 25.3. The van der Waals surface area contributed by atoms with E-state index in [0.29, 0.717) is 12.2 Å². The lowest BCUT2D eigenvalue weighted by Crippen LogP contribution is -2.57. The van der Waals surface area contributed by atoms with Gasteiger partial charge in [-0.1, -0.05) is 18.2 Å². The Labute approximate surface area is 141 Å². The number of sulfonamides is 1. The summed E-state index contributed by atoms with van der Waals surface area (Å²) in [7, 11) is -3.66. The molecule has 0 spiro atoms. The third-order valence-corrected chi connectivity index (χ3v) is 6.07. The van der Waals surface area contributed by atoms with Crippen LogP contribution in [0.4, 0.5) is 0 Å². The van der Waals surface area contributed by atoms with Crippen LogP contribution in [-0.2, 0) is 10.0 Å². The van der Waals surface area contributed by atoms with Gasteiger partial charge in [-0.15, -0.1) is 0 Å². The van der Waals surface area contributed by atoms with Gasteiger partial charge < -0.3 is 9.84 Å². The number of ether oxygens (including phenoxy) is 1. The second-order valence-corrected chi connectivity index (χ2v) is 8.02. The molecule has 2 aromatic rings. The first-order chi connectivity index (χ1) is 11.4. The number of rotatable bonds is 4. The molecule has 1 aliphatic rings. The van der Waals surface area contributed by atoms with Crippen LogP contribution in [-0.4, -0.2) is 47.6 Å². The van der Waals surface area contributed by atoms with Crippen LogP contribution < -0.4 is 4.74 Å². The molecule has 2 atom stereocenters. The van der Waals surface area contributed by atoms with E-state index in [4.69, 9.17) is 4.74 Å². The van der Waals surface area contributed by atoms with E-state index in [0.717, 1.165) is 0 Å². The zero-order valence-corrected chi connectivity index (χ0v) is 14.2. The van der Waals surface area contributed by atoms with Crippen molar-refractivity contribution in [3.05, 3.63) is 54.9 Å². The van der Waals surface area contributed by atoms with E-state index in [1.54, 1.807) is 25.1 Å². The lowest BCUT2D eigenvalue weighted by molar-refractivity contribution is -0.0809. The first kappa shape index (κ1) is 16.9. The number of aromatic nitrogens is 1. The number of pyridine rings is 1. The first-order valence-electron chi connectivity index (χ1n) is 7.74. The fraction of sp³-hybridized carbons (Fsp3) is 0.353. The number of piperidine rings is 1. The van der Waals surface area contributed by atoms with Gasteiger partial charge in [0.15, 0.2) is 0 Å². The smallest absolute Gasteiger partial charge is 0.244 e. The Morgan fingerprint density at radius 1 is 1.25 bits per heavy atom. The third kappa shape index (κ3) is 3.43. The number of para-hydroxylation sites is 1. The van der Waals surface area contributed by atoms with Crippen LogP contribution in [0.2, 0.25) is 0 Å². The zero-order chi connectivity index (χ0) is 17.2. The van der Waals surface area contributed by atoms with Gasteiger partial charge >= 0.3 is 0 Å². The van der Waals surface area contributed by atoms with Crippen LogP contribution >= 0.6 is 0 Å². The monoisotopic (exact) mass is 348 g/mol. The van der Waals surface area contributed by atoms with Crippen LogP contribution in [0.15, 0.2) is 59.8 Å². The maximum absolute atomic E-state index is 12.7. The van der Waals surface area contributed by atoms with Gasteiger partial charge in [-0.3, -0.25) is 4.98 Å². The molecule has 7 heteroatoms. The lowest BCUT2D eigenvalue weighted by Gasteiger charge is -2.41. The zero-order valence-electron chi connectivity index (χ0n) is 13.4. The van der Waals surface area contributed by atoms with Gasteiger partial charge in [0.1, 0.15) is 22.4 Å². The number of benzene rings is 1. The summed E-state index contributed by atoms with van der Waals surface area (Å²) in [5, 5.41) is 10.6. The molecule has 1 aromatic heterocycles. The molecule has 1 fully saturated rings. The van der Waals surface area contributed by atoms with Crippen molar-refractivity contribution in [2.75, 3.05) is 13.1 Å². The number of hydrogen-bond acceptors (Lipinski definition) is 5. The van der Waals surface area contributed by atoms with Crippen molar-refractivity contribution in [1.82, 2.24) is 9.29 Å². The average Bonchev–Trinajstić information content (AvgIpc) is 2.58. The summed E-state index contributed by atoms with van der Waals surface area (Å²) in [5.41, 5.74) is -1.10. The predicted octanol–water partition coefficient (Wildman–Crippen LogP) is 1.67. The second kappa shape index (κ2) is 6.51. The molecule has 0 unspecified atom stereocenters. The van der Waals surface area contributed by atoms with Gasteiger partial charge in [0, 0.05) is 18.9 Å². The van der Waals surface area contributed by atoms with Crippen LogP contribution in [0, 0.1) is 0 Å². The summed E-state index contributed by atoms with van der Waals surface area (Å²) in [4.78, 5) is 4.02. The molecule has 6 nitrogen and oxygen atoms in total. The van der Waals surface area contributed by atoms with Gasteiger partial charge in [-0.2, -0.15) is 4.31 Å². The SMILES string of the molecule is C[C@@]1(O)CCN(S(=O)(=O)c2cccnc2)C[C@H]1Oc1ccccc1. The Balaban J connectivity index is 1.83. The van der Waals surface area contributed by atoms with Crippen molar-refractivity contribution in [3.63, 3.8) is 0 Å². The summed E-state index contributed by atoms with van der Waals surface area (Å²) in [5.74, 6) is 0.600. The molecule has 0 saturated carbocycles. The summed E-state index contributed by atoms with van der Waals surface area (Å²) < 4.78 is 32.7. The summed E-state index contributed by atoms with van der Waals surface area (Å²) in [6, 6.07) is 12.2. The van der Waals surface area contributed by atoms with Crippen molar-refractivity contribution in [3.8, 4) is 5.75 Å². The second-order valence-electron chi connectivity index (χ2n) is 6.08. The summed E-state index contributed by atoms with van der Waals surface area (Å²) in [6.45, 7) is 1.99. The van der Waals surface area contributed by atoms with Gasteiger partial charge in [0.05, 0.1) is 6.54 Å². The fourth-order valence-electron chi connectivity index (χ4n) is 2.68. The van der Waals surface area contributed by atoms with Crippen molar-refractivity contribution >= 4 is 10.0 Å². The van der Waals surface area contributed by atoms with Crippen molar-refractivity contribution < 1.29 is 18.3 Å². The minimum atomic E-state index is -3.66. The lowest BCUT2D eigenvalue weighted by atomic mass is 9.91. The van der Waals surface area contributed by atoms with Crippen LogP contribution in [0.1, 0.15) is 13.3 Å². The van der Waals surface area contributed by atoms with E-state index in [2.05, 4.69) is 4.98 Å². The molecule has 0 bridgehead atoms. The highest BCUT2D eigenvalue weighted by atomic mass is 32.2.